The number of rotatable bonds is 15. The molecule has 0 aromatic carbocycles. The van der Waals surface area contributed by atoms with Gasteiger partial charge in [0.1, 0.15) is 29.1 Å². The highest BCUT2D eigenvalue weighted by molar-refractivity contribution is 5.96. The minimum Gasteiger partial charge on any atom is -0.481 e. The van der Waals surface area contributed by atoms with Gasteiger partial charge in [0, 0.05) is 12.8 Å². The standard InChI is InChI=1S/C26H43N3O10/c1-9-17(15(2)30)27-23(36)19(14-21(34)38-25(3,4)5)28-22(35)18(29-24(37)39-26(6,7)8)12-10-16(31)11-13-20(32)33/h17-19H,9-14H2,1-8H3,(H,27,36)(H,28,35)(H,29,37)(H,32,33)/t17-,18-,19-/m0/s1. The number of esters is 1. The predicted molar refractivity (Wildman–Crippen MR) is 140 cm³/mol. The van der Waals surface area contributed by atoms with Crippen LogP contribution >= 0.6 is 0 Å². The van der Waals surface area contributed by atoms with Crippen molar-refractivity contribution < 1.29 is 48.1 Å². The van der Waals surface area contributed by atoms with E-state index in [1.165, 1.54) is 6.92 Å². The first kappa shape index (κ1) is 35.5. The van der Waals surface area contributed by atoms with Crippen molar-refractivity contribution in [3.63, 3.8) is 0 Å². The molecule has 3 amide bonds. The van der Waals surface area contributed by atoms with Gasteiger partial charge in [0.25, 0.3) is 0 Å². The smallest absolute Gasteiger partial charge is 0.408 e. The molecule has 0 bridgehead atoms. The number of ether oxygens (including phenoxy) is 2. The number of carboxylic acids is 1. The predicted octanol–water partition coefficient (Wildman–Crippen LogP) is 1.79. The highest BCUT2D eigenvalue weighted by Crippen LogP contribution is 2.12. The van der Waals surface area contributed by atoms with Gasteiger partial charge in [0.15, 0.2) is 5.78 Å². The molecular formula is C26H43N3O10. The third-order valence-corrected chi connectivity index (χ3v) is 4.98. The number of Topliss-reactive ketones (excluding diaryl/α,β-unsaturated/α-hetero) is 2. The zero-order chi connectivity index (χ0) is 30.6. The maximum Gasteiger partial charge on any atom is 0.408 e. The molecule has 0 radical (unpaired) electrons. The molecule has 39 heavy (non-hydrogen) atoms. The number of carbonyl (C=O) groups is 7. The molecule has 0 spiro atoms. The number of carbonyl (C=O) groups excluding carboxylic acids is 6. The van der Waals surface area contributed by atoms with E-state index in [1.807, 2.05) is 0 Å². The average Bonchev–Trinajstić information content (AvgIpc) is 2.75. The van der Waals surface area contributed by atoms with Gasteiger partial charge < -0.3 is 30.5 Å². The first-order valence-electron chi connectivity index (χ1n) is 12.8. The molecule has 0 aromatic heterocycles. The maximum atomic E-state index is 13.2. The van der Waals surface area contributed by atoms with Crippen molar-refractivity contribution >= 4 is 41.4 Å². The minimum atomic E-state index is -1.47. The van der Waals surface area contributed by atoms with Crippen LogP contribution in [0, 0.1) is 0 Å². The molecule has 3 atom stereocenters. The molecule has 0 saturated heterocycles. The second-order valence-electron chi connectivity index (χ2n) is 11.1. The van der Waals surface area contributed by atoms with Crippen molar-refractivity contribution in [1.29, 1.82) is 0 Å². The quantitative estimate of drug-likeness (QED) is 0.216. The molecule has 0 fully saturated rings. The summed E-state index contributed by atoms with van der Waals surface area (Å²) in [5.41, 5.74) is -1.77. The molecule has 0 aliphatic rings. The van der Waals surface area contributed by atoms with E-state index < -0.39 is 71.4 Å². The second-order valence-corrected chi connectivity index (χ2v) is 11.1. The van der Waals surface area contributed by atoms with Gasteiger partial charge in [-0.1, -0.05) is 6.92 Å². The van der Waals surface area contributed by atoms with Crippen LogP contribution in [0.1, 0.15) is 93.9 Å². The lowest BCUT2D eigenvalue weighted by atomic mass is 10.0. The van der Waals surface area contributed by atoms with Crippen molar-refractivity contribution in [3.05, 3.63) is 0 Å². The monoisotopic (exact) mass is 557 g/mol. The maximum absolute atomic E-state index is 13.2. The van der Waals surface area contributed by atoms with Crippen molar-refractivity contribution in [3.8, 4) is 0 Å². The molecule has 4 N–H and O–H groups in total. The Bertz CT molecular complexity index is 918. The van der Waals surface area contributed by atoms with Crippen LogP contribution < -0.4 is 16.0 Å². The molecule has 0 rings (SSSR count). The normalized spacial score (nSPS) is 13.7. The molecule has 0 aliphatic carbocycles. The Morgan fingerprint density at radius 2 is 1.23 bits per heavy atom. The van der Waals surface area contributed by atoms with E-state index in [2.05, 4.69) is 16.0 Å². The molecule has 13 nitrogen and oxygen atoms in total. The van der Waals surface area contributed by atoms with Crippen LogP contribution in [-0.2, 0) is 38.2 Å². The van der Waals surface area contributed by atoms with Gasteiger partial charge in [-0.2, -0.15) is 0 Å². The number of amides is 3. The number of hydrogen-bond donors (Lipinski definition) is 4. The number of alkyl carbamates (subject to hydrolysis) is 1. The first-order valence-corrected chi connectivity index (χ1v) is 12.8. The van der Waals surface area contributed by atoms with Crippen LogP contribution in [-0.4, -0.2) is 75.8 Å². The van der Waals surface area contributed by atoms with Crippen molar-refractivity contribution in [2.45, 2.75) is 123 Å². The molecule has 0 unspecified atom stereocenters. The summed E-state index contributed by atoms with van der Waals surface area (Å²) in [5.74, 6) is -4.43. The van der Waals surface area contributed by atoms with Crippen LogP contribution in [0.5, 0.6) is 0 Å². The summed E-state index contributed by atoms with van der Waals surface area (Å²) in [6.45, 7) is 12.7. The van der Waals surface area contributed by atoms with Gasteiger partial charge in [0.05, 0.1) is 18.9 Å². The van der Waals surface area contributed by atoms with E-state index in [0.29, 0.717) is 0 Å². The second kappa shape index (κ2) is 15.8. The van der Waals surface area contributed by atoms with E-state index in [4.69, 9.17) is 14.6 Å². The van der Waals surface area contributed by atoms with Gasteiger partial charge >= 0.3 is 18.0 Å². The fraction of sp³-hybridized carbons (Fsp3) is 0.731. The van der Waals surface area contributed by atoms with E-state index in [-0.39, 0.29) is 37.9 Å². The molecule has 222 valence electrons. The molecule has 0 aliphatic heterocycles. The summed E-state index contributed by atoms with van der Waals surface area (Å²) < 4.78 is 10.5. The Morgan fingerprint density at radius 3 is 1.69 bits per heavy atom. The highest BCUT2D eigenvalue weighted by Gasteiger charge is 2.32. The topological polar surface area (TPSA) is 194 Å². The fourth-order valence-electron chi connectivity index (χ4n) is 3.19. The lowest BCUT2D eigenvalue weighted by Gasteiger charge is -2.26. The summed E-state index contributed by atoms with van der Waals surface area (Å²) >= 11 is 0. The summed E-state index contributed by atoms with van der Waals surface area (Å²) in [6.07, 6.45) is -2.38. The van der Waals surface area contributed by atoms with Crippen LogP contribution in [0.3, 0.4) is 0 Å². The van der Waals surface area contributed by atoms with Gasteiger partial charge in [0.2, 0.25) is 11.8 Å². The Hall–Kier alpha value is -3.51. The third kappa shape index (κ3) is 16.8. The summed E-state index contributed by atoms with van der Waals surface area (Å²) in [5, 5.41) is 16.0. The zero-order valence-corrected chi connectivity index (χ0v) is 24.1. The number of aliphatic carboxylic acids is 1. The molecule has 13 heteroatoms. The summed E-state index contributed by atoms with van der Waals surface area (Å²) in [4.78, 5) is 85.8. The largest absolute Gasteiger partial charge is 0.481 e. The van der Waals surface area contributed by atoms with E-state index in [9.17, 15) is 33.6 Å². The lowest BCUT2D eigenvalue weighted by Crippen LogP contribution is -2.56. The Morgan fingerprint density at radius 1 is 0.718 bits per heavy atom. The van der Waals surface area contributed by atoms with Gasteiger partial charge in [-0.15, -0.1) is 0 Å². The zero-order valence-electron chi connectivity index (χ0n) is 24.1. The highest BCUT2D eigenvalue weighted by atomic mass is 16.6. The number of carboxylic acid groups (broad SMARTS) is 1. The van der Waals surface area contributed by atoms with Gasteiger partial charge in [-0.05, 0) is 61.3 Å². The first-order chi connectivity index (χ1) is 17.7. The van der Waals surface area contributed by atoms with Crippen molar-refractivity contribution in [1.82, 2.24) is 16.0 Å². The number of hydrogen-bond acceptors (Lipinski definition) is 9. The molecule has 0 saturated carbocycles. The van der Waals surface area contributed by atoms with Crippen molar-refractivity contribution in [2.75, 3.05) is 0 Å². The van der Waals surface area contributed by atoms with Crippen LogP contribution in [0.25, 0.3) is 0 Å². The van der Waals surface area contributed by atoms with E-state index >= 15 is 0 Å². The molecular weight excluding hydrogens is 514 g/mol. The molecule has 0 heterocycles. The summed E-state index contributed by atoms with van der Waals surface area (Å²) in [7, 11) is 0. The Balaban J connectivity index is 5.87. The Labute approximate surface area is 229 Å². The third-order valence-electron chi connectivity index (χ3n) is 4.98. The van der Waals surface area contributed by atoms with Crippen LogP contribution in [0.15, 0.2) is 0 Å². The van der Waals surface area contributed by atoms with Crippen LogP contribution in [0.4, 0.5) is 4.79 Å². The van der Waals surface area contributed by atoms with Gasteiger partial charge in [-0.25, -0.2) is 4.79 Å². The number of ketones is 2. The lowest BCUT2D eigenvalue weighted by molar-refractivity contribution is -0.156. The SMILES string of the molecule is CC[C@H](NC(=O)[C@H](CC(=O)OC(C)(C)C)NC(=O)[C@H](CCC(=O)CCC(=O)O)NC(=O)OC(C)(C)C)C(C)=O. The Kier molecular flexibility index (Phi) is 14.4. The number of nitrogens with one attached hydrogen (secondary N) is 3. The fourth-order valence-corrected chi connectivity index (χ4v) is 3.19. The van der Waals surface area contributed by atoms with Gasteiger partial charge in [-0.3, -0.25) is 28.8 Å². The minimum absolute atomic E-state index is 0.227. The van der Waals surface area contributed by atoms with E-state index in [0.717, 1.165) is 0 Å². The van der Waals surface area contributed by atoms with E-state index in [1.54, 1.807) is 48.5 Å². The van der Waals surface area contributed by atoms with Crippen LogP contribution in [0.2, 0.25) is 0 Å². The summed E-state index contributed by atoms with van der Waals surface area (Å²) in [6, 6.07) is -3.68. The molecule has 0 aromatic rings. The average molecular weight is 558 g/mol. The van der Waals surface area contributed by atoms with Crippen molar-refractivity contribution in [2.24, 2.45) is 0 Å².